The molecule has 22 heavy (non-hydrogen) atoms. The van der Waals surface area contributed by atoms with E-state index < -0.39 is 0 Å². The Balaban J connectivity index is 1.62. The molecule has 114 valence electrons. The zero-order chi connectivity index (χ0) is 15.7. The van der Waals surface area contributed by atoms with Gasteiger partial charge < -0.3 is 5.32 Å². The summed E-state index contributed by atoms with van der Waals surface area (Å²) in [5.41, 5.74) is 1.89. The Morgan fingerprint density at radius 3 is 2.86 bits per heavy atom. The average Bonchev–Trinajstić information content (AvgIpc) is 2.98. The minimum absolute atomic E-state index is 0.0276. The topological polar surface area (TPSA) is 72.2 Å². The van der Waals surface area contributed by atoms with Crippen molar-refractivity contribution in [2.75, 3.05) is 5.32 Å². The second-order valence-corrected chi connectivity index (χ2v) is 6.96. The maximum Gasteiger partial charge on any atom is 0.234 e. The van der Waals surface area contributed by atoms with E-state index in [1.54, 1.807) is 4.52 Å². The number of nitrogens with zero attached hydrogens (tertiary/aromatic N) is 4. The quantitative estimate of drug-likeness (QED) is 0.755. The fraction of sp³-hybridized carbons (Fsp3) is 0.286. The Morgan fingerprint density at radius 1 is 1.32 bits per heavy atom. The minimum Gasteiger partial charge on any atom is -0.326 e. The van der Waals surface area contributed by atoms with Crippen LogP contribution in [0.5, 0.6) is 0 Å². The number of benzene rings is 1. The van der Waals surface area contributed by atoms with Crippen molar-refractivity contribution in [3.8, 4) is 0 Å². The Bertz CT molecular complexity index is 821. The van der Waals surface area contributed by atoms with Gasteiger partial charge in [-0.3, -0.25) is 4.79 Å². The highest BCUT2D eigenvalue weighted by Gasteiger charge is 2.10. The van der Waals surface area contributed by atoms with E-state index in [2.05, 4.69) is 36.5 Å². The number of halogens is 1. The monoisotopic (exact) mass is 379 g/mol. The first-order chi connectivity index (χ1) is 10.5. The van der Waals surface area contributed by atoms with E-state index in [9.17, 15) is 4.79 Å². The number of hydrogen-bond acceptors (Lipinski definition) is 5. The largest absolute Gasteiger partial charge is 0.326 e. The van der Waals surface area contributed by atoms with Crippen LogP contribution in [-0.4, -0.2) is 25.7 Å². The first-order valence-corrected chi connectivity index (χ1v) is 8.37. The van der Waals surface area contributed by atoms with Crippen molar-refractivity contribution < 1.29 is 4.79 Å². The Hall–Kier alpha value is -1.80. The lowest BCUT2D eigenvalue weighted by molar-refractivity contribution is -0.116. The molecule has 0 radical (unpaired) electrons. The maximum atomic E-state index is 12.0. The van der Waals surface area contributed by atoms with Crippen molar-refractivity contribution >= 4 is 43.8 Å². The predicted molar refractivity (Wildman–Crippen MR) is 89.2 cm³/mol. The highest BCUT2D eigenvalue weighted by molar-refractivity contribution is 9.10. The Kier molecular flexibility index (Phi) is 4.21. The fourth-order valence-electron chi connectivity index (χ4n) is 2.11. The molecule has 0 bridgehead atoms. The molecule has 3 aromatic rings. The maximum absolute atomic E-state index is 12.0. The van der Waals surface area contributed by atoms with Gasteiger partial charge >= 0.3 is 0 Å². The van der Waals surface area contributed by atoms with Crippen LogP contribution in [-0.2, 0) is 11.2 Å². The molecular formula is C14H14BrN5OS. The molecule has 3 rings (SSSR count). The smallest absolute Gasteiger partial charge is 0.234 e. The summed E-state index contributed by atoms with van der Waals surface area (Å²) in [4.78, 5) is 12.8. The molecule has 0 unspecified atom stereocenters. The highest BCUT2D eigenvalue weighted by Crippen LogP contribution is 2.20. The van der Waals surface area contributed by atoms with Crippen LogP contribution < -0.4 is 5.32 Å². The molecule has 1 aromatic carbocycles. The zero-order valence-corrected chi connectivity index (χ0v) is 14.5. The number of fused-ring (bicyclic) bond motifs is 1. The van der Waals surface area contributed by atoms with Gasteiger partial charge in [0.05, 0.1) is 0 Å². The van der Waals surface area contributed by atoms with Gasteiger partial charge in [-0.1, -0.05) is 27.3 Å². The summed E-state index contributed by atoms with van der Waals surface area (Å²) in [6.07, 6.45) is 0.973. The predicted octanol–water partition coefficient (Wildman–Crippen LogP) is 3.14. The average molecular weight is 380 g/mol. The third-order valence-corrected chi connectivity index (χ3v) is 4.50. The van der Waals surface area contributed by atoms with Crippen LogP contribution in [0.4, 0.5) is 5.69 Å². The molecule has 1 N–H and O–H groups in total. The van der Waals surface area contributed by atoms with Gasteiger partial charge in [-0.05, 0) is 37.6 Å². The molecule has 0 aliphatic heterocycles. The van der Waals surface area contributed by atoms with Crippen molar-refractivity contribution in [2.45, 2.75) is 26.7 Å². The lowest BCUT2D eigenvalue weighted by Gasteiger charge is -2.06. The number of aryl methyl sites for hydroxylation is 3. The lowest BCUT2D eigenvalue weighted by Crippen LogP contribution is -2.12. The van der Waals surface area contributed by atoms with Gasteiger partial charge in [0.25, 0.3) is 0 Å². The van der Waals surface area contributed by atoms with Crippen LogP contribution in [0.2, 0.25) is 0 Å². The van der Waals surface area contributed by atoms with Crippen LogP contribution in [0.15, 0.2) is 22.7 Å². The molecule has 0 saturated carbocycles. The summed E-state index contributed by atoms with van der Waals surface area (Å²) in [7, 11) is 0. The molecule has 2 heterocycles. The number of anilines is 1. The van der Waals surface area contributed by atoms with E-state index in [1.807, 2.05) is 32.0 Å². The third-order valence-electron chi connectivity index (χ3n) is 3.08. The van der Waals surface area contributed by atoms with Gasteiger partial charge in [0.2, 0.25) is 10.9 Å². The standard InChI is InChI=1S/C14H14BrN5OS/c1-8-5-10(15)7-11(6-8)16-12(21)3-4-13-19-20-9(2)17-18-14(20)22-13/h5-7H,3-4H2,1-2H3,(H,16,21). The molecule has 6 nitrogen and oxygen atoms in total. The van der Waals surface area contributed by atoms with Crippen LogP contribution in [0.25, 0.3) is 4.96 Å². The normalized spacial score (nSPS) is 11.0. The van der Waals surface area contributed by atoms with Crippen molar-refractivity contribution in [3.63, 3.8) is 0 Å². The summed E-state index contributed by atoms with van der Waals surface area (Å²) in [5.74, 6) is 0.728. The Labute approximate surface area is 139 Å². The van der Waals surface area contributed by atoms with E-state index in [4.69, 9.17) is 0 Å². The molecule has 0 aliphatic carbocycles. The van der Waals surface area contributed by atoms with Crippen LogP contribution in [0.1, 0.15) is 22.8 Å². The zero-order valence-electron chi connectivity index (χ0n) is 12.1. The number of carbonyl (C=O) groups excluding carboxylic acids is 1. The minimum atomic E-state index is -0.0276. The highest BCUT2D eigenvalue weighted by atomic mass is 79.9. The number of aromatic nitrogens is 4. The summed E-state index contributed by atoms with van der Waals surface area (Å²) in [6, 6.07) is 5.82. The number of rotatable bonds is 4. The molecule has 0 atom stereocenters. The third kappa shape index (κ3) is 3.33. The second-order valence-electron chi connectivity index (χ2n) is 5.00. The van der Waals surface area contributed by atoms with Gasteiger partial charge in [0.1, 0.15) is 5.01 Å². The van der Waals surface area contributed by atoms with Crippen LogP contribution in [0, 0.1) is 13.8 Å². The molecular weight excluding hydrogens is 366 g/mol. The van der Waals surface area contributed by atoms with Gasteiger partial charge in [-0.2, -0.15) is 9.61 Å². The first kappa shape index (κ1) is 15.1. The molecule has 8 heteroatoms. The van der Waals surface area contributed by atoms with Crippen molar-refractivity contribution in [3.05, 3.63) is 39.1 Å². The summed E-state index contributed by atoms with van der Waals surface area (Å²) >= 11 is 4.89. The molecule has 0 saturated heterocycles. The number of amides is 1. The lowest BCUT2D eigenvalue weighted by atomic mass is 10.2. The first-order valence-electron chi connectivity index (χ1n) is 6.76. The number of nitrogens with one attached hydrogen (secondary N) is 1. The van der Waals surface area contributed by atoms with Crippen molar-refractivity contribution in [1.29, 1.82) is 0 Å². The number of hydrogen-bond donors (Lipinski definition) is 1. The van der Waals surface area contributed by atoms with E-state index in [-0.39, 0.29) is 5.91 Å². The van der Waals surface area contributed by atoms with E-state index in [0.29, 0.717) is 12.8 Å². The molecule has 0 spiro atoms. The van der Waals surface area contributed by atoms with E-state index in [1.165, 1.54) is 11.3 Å². The molecule has 0 fully saturated rings. The number of carbonyl (C=O) groups is 1. The molecule has 0 aliphatic rings. The molecule has 1 amide bonds. The SMILES string of the molecule is Cc1cc(Br)cc(NC(=O)CCc2nn3c(C)nnc3s2)c1. The summed E-state index contributed by atoms with van der Waals surface area (Å²) in [5, 5.41) is 16.1. The summed E-state index contributed by atoms with van der Waals surface area (Å²) in [6.45, 7) is 3.84. The van der Waals surface area contributed by atoms with Crippen LogP contribution >= 0.6 is 27.3 Å². The van der Waals surface area contributed by atoms with E-state index in [0.717, 1.165) is 31.5 Å². The van der Waals surface area contributed by atoms with Crippen molar-refractivity contribution in [2.24, 2.45) is 0 Å². The summed E-state index contributed by atoms with van der Waals surface area (Å²) < 4.78 is 2.65. The Morgan fingerprint density at radius 2 is 2.14 bits per heavy atom. The van der Waals surface area contributed by atoms with Crippen LogP contribution in [0.3, 0.4) is 0 Å². The van der Waals surface area contributed by atoms with Gasteiger partial charge in [-0.25, -0.2) is 0 Å². The van der Waals surface area contributed by atoms with Gasteiger partial charge in [0, 0.05) is 23.0 Å². The van der Waals surface area contributed by atoms with E-state index >= 15 is 0 Å². The van der Waals surface area contributed by atoms with Gasteiger partial charge in [0.15, 0.2) is 5.82 Å². The fourth-order valence-corrected chi connectivity index (χ4v) is 3.59. The molecule has 2 aromatic heterocycles. The van der Waals surface area contributed by atoms with Gasteiger partial charge in [-0.15, -0.1) is 10.2 Å². The second kappa shape index (κ2) is 6.13. The van der Waals surface area contributed by atoms with Crippen molar-refractivity contribution in [1.82, 2.24) is 19.8 Å².